The lowest BCUT2D eigenvalue weighted by Crippen LogP contribution is -2.45. The molecule has 162 valence electrons. The Morgan fingerprint density at radius 2 is 1.90 bits per heavy atom. The van der Waals surface area contributed by atoms with E-state index in [1.54, 1.807) is 7.11 Å². The van der Waals surface area contributed by atoms with Gasteiger partial charge in [0.2, 0.25) is 17.6 Å². The SMILES string of the molecule is COc1ccc(-c2noc(CN3CCCC(C(=O)NC4CCCCCC4)C3)n2)cc1. The van der Waals surface area contributed by atoms with Crippen LogP contribution in [0.5, 0.6) is 5.75 Å². The molecule has 2 aromatic rings. The zero-order valence-corrected chi connectivity index (χ0v) is 17.8. The fourth-order valence-electron chi connectivity index (χ4n) is 4.52. The van der Waals surface area contributed by atoms with Gasteiger partial charge in [-0.15, -0.1) is 0 Å². The summed E-state index contributed by atoms with van der Waals surface area (Å²) in [5.74, 6) is 2.23. The Labute approximate surface area is 178 Å². The van der Waals surface area contributed by atoms with Gasteiger partial charge in [-0.3, -0.25) is 9.69 Å². The number of likely N-dealkylation sites (tertiary alicyclic amines) is 1. The largest absolute Gasteiger partial charge is 0.497 e. The molecule has 7 nitrogen and oxygen atoms in total. The molecule has 0 spiro atoms. The van der Waals surface area contributed by atoms with Crippen LogP contribution < -0.4 is 10.1 Å². The number of nitrogens with zero attached hydrogens (tertiary/aromatic N) is 3. The molecule has 1 aliphatic carbocycles. The predicted octanol–water partition coefficient (Wildman–Crippen LogP) is 3.80. The molecular weight excluding hydrogens is 380 g/mol. The standard InChI is InChI=1S/C23H32N4O3/c1-29-20-12-10-17(11-13-20)22-25-21(30-26-22)16-27-14-6-7-18(15-27)23(28)24-19-8-4-2-3-5-9-19/h10-13,18-19H,2-9,14-16H2,1H3,(H,24,28). The molecule has 1 aliphatic heterocycles. The number of aromatic nitrogens is 2. The topological polar surface area (TPSA) is 80.5 Å². The van der Waals surface area contributed by atoms with E-state index in [4.69, 9.17) is 9.26 Å². The first-order valence-corrected chi connectivity index (χ1v) is 11.2. The van der Waals surface area contributed by atoms with Crippen LogP contribution in [0.25, 0.3) is 11.4 Å². The zero-order chi connectivity index (χ0) is 20.8. The summed E-state index contributed by atoms with van der Waals surface area (Å²) in [6.45, 7) is 2.28. The Kier molecular flexibility index (Phi) is 7.00. The average Bonchev–Trinajstić information content (AvgIpc) is 3.09. The molecule has 2 fully saturated rings. The molecule has 1 unspecified atom stereocenters. The average molecular weight is 413 g/mol. The summed E-state index contributed by atoms with van der Waals surface area (Å²) < 4.78 is 10.7. The van der Waals surface area contributed by atoms with Crippen molar-refractivity contribution in [2.24, 2.45) is 5.92 Å². The van der Waals surface area contributed by atoms with Gasteiger partial charge >= 0.3 is 0 Å². The van der Waals surface area contributed by atoms with E-state index in [-0.39, 0.29) is 11.8 Å². The molecule has 0 radical (unpaired) electrons. The van der Waals surface area contributed by atoms with Gasteiger partial charge in [-0.1, -0.05) is 30.8 Å². The summed E-state index contributed by atoms with van der Waals surface area (Å²) in [5.41, 5.74) is 0.894. The molecule has 30 heavy (non-hydrogen) atoms. The molecule has 4 rings (SSSR count). The number of carbonyl (C=O) groups is 1. The molecule has 2 heterocycles. The number of carbonyl (C=O) groups excluding carboxylic acids is 1. The van der Waals surface area contributed by atoms with Crippen LogP contribution in [0.1, 0.15) is 57.3 Å². The van der Waals surface area contributed by atoms with Crippen LogP contribution in [0, 0.1) is 5.92 Å². The number of nitrogens with one attached hydrogen (secondary N) is 1. The molecule has 1 N–H and O–H groups in total. The van der Waals surface area contributed by atoms with Gasteiger partial charge in [0, 0.05) is 18.2 Å². The Bertz CT molecular complexity index is 812. The van der Waals surface area contributed by atoms with E-state index in [1.807, 2.05) is 24.3 Å². The Hall–Kier alpha value is -2.41. The zero-order valence-electron chi connectivity index (χ0n) is 17.8. The molecule has 0 bridgehead atoms. The van der Waals surface area contributed by atoms with Crippen molar-refractivity contribution in [3.05, 3.63) is 30.2 Å². The Balaban J connectivity index is 1.31. The minimum Gasteiger partial charge on any atom is -0.497 e. The third-order valence-corrected chi connectivity index (χ3v) is 6.25. The van der Waals surface area contributed by atoms with Gasteiger partial charge in [-0.25, -0.2) is 0 Å². The smallest absolute Gasteiger partial charge is 0.241 e. The number of piperidine rings is 1. The van der Waals surface area contributed by atoms with E-state index < -0.39 is 0 Å². The van der Waals surface area contributed by atoms with Gasteiger partial charge in [0.15, 0.2) is 0 Å². The minimum absolute atomic E-state index is 0.0472. The van der Waals surface area contributed by atoms with Crippen LogP contribution in [0.4, 0.5) is 0 Å². The van der Waals surface area contributed by atoms with Crippen molar-refractivity contribution >= 4 is 5.91 Å². The fourth-order valence-corrected chi connectivity index (χ4v) is 4.52. The monoisotopic (exact) mass is 412 g/mol. The van der Waals surface area contributed by atoms with Crippen LogP contribution in [0.3, 0.4) is 0 Å². The summed E-state index contributed by atoms with van der Waals surface area (Å²) in [4.78, 5) is 19.6. The van der Waals surface area contributed by atoms with E-state index >= 15 is 0 Å². The van der Waals surface area contributed by atoms with Crippen molar-refractivity contribution < 1.29 is 14.1 Å². The predicted molar refractivity (Wildman–Crippen MR) is 114 cm³/mol. The lowest BCUT2D eigenvalue weighted by atomic mass is 9.96. The summed E-state index contributed by atoms with van der Waals surface area (Å²) in [5, 5.41) is 7.44. The van der Waals surface area contributed by atoms with Crippen LogP contribution in [0.15, 0.2) is 28.8 Å². The third-order valence-electron chi connectivity index (χ3n) is 6.25. The van der Waals surface area contributed by atoms with Gasteiger partial charge in [-0.05, 0) is 56.5 Å². The van der Waals surface area contributed by atoms with Crippen LogP contribution in [-0.4, -0.2) is 47.2 Å². The number of ether oxygens (including phenoxy) is 1. The molecule has 2 aliphatic rings. The molecule has 1 atom stereocenters. The third kappa shape index (κ3) is 5.39. The second kappa shape index (κ2) is 10.1. The van der Waals surface area contributed by atoms with E-state index in [2.05, 4.69) is 20.4 Å². The maximum absolute atomic E-state index is 12.8. The second-order valence-electron chi connectivity index (χ2n) is 8.51. The van der Waals surface area contributed by atoms with Crippen molar-refractivity contribution in [1.29, 1.82) is 0 Å². The first kappa shape index (κ1) is 20.8. The summed E-state index contributed by atoms with van der Waals surface area (Å²) in [6, 6.07) is 7.96. The highest BCUT2D eigenvalue weighted by molar-refractivity contribution is 5.79. The lowest BCUT2D eigenvalue weighted by molar-refractivity contribution is -0.127. The van der Waals surface area contributed by atoms with Crippen molar-refractivity contribution in [2.45, 2.75) is 64.0 Å². The van der Waals surface area contributed by atoms with E-state index in [0.717, 1.165) is 50.1 Å². The second-order valence-corrected chi connectivity index (χ2v) is 8.51. The highest BCUT2D eigenvalue weighted by atomic mass is 16.5. The van der Waals surface area contributed by atoms with Crippen molar-refractivity contribution in [3.63, 3.8) is 0 Å². The molecule has 1 aromatic carbocycles. The van der Waals surface area contributed by atoms with E-state index in [0.29, 0.717) is 24.3 Å². The lowest BCUT2D eigenvalue weighted by Gasteiger charge is -2.31. The first-order chi connectivity index (χ1) is 14.7. The summed E-state index contributed by atoms with van der Waals surface area (Å²) in [7, 11) is 1.64. The maximum atomic E-state index is 12.8. The molecule has 1 saturated carbocycles. The first-order valence-electron chi connectivity index (χ1n) is 11.2. The molecule has 7 heteroatoms. The number of hydrogen-bond acceptors (Lipinski definition) is 6. The number of amides is 1. The highest BCUT2D eigenvalue weighted by Gasteiger charge is 2.28. The number of benzene rings is 1. The molecular formula is C23H32N4O3. The van der Waals surface area contributed by atoms with Gasteiger partial charge in [0.25, 0.3) is 0 Å². The maximum Gasteiger partial charge on any atom is 0.241 e. The Morgan fingerprint density at radius 1 is 1.13 bits per heavy atom. The van der Waals surface area contributed by atoms with Gasteiger partial charge < -0.3 is 14.6 Å². The summed E-state index contributed by atoms with van der Waals surface area (Å²) in [6.07, 6.45) is 9.28. The molecule has 1 saturated heterocycles. The number of methoxy groups -OCH3 is 1. The van der Waals surface area contributed by atoms with Crippen molar-refractivity contribution in [3.8, 4) is 17.1 Å². The quantitative estimate of drug-likeness (QED) is 0.727. The fraction of sp³-hybridized carbons (Fsp3) is 0.609. The normalized spacial score (nSPS) is 21.2. The highest BCUT2D eigenvalue weighted by Crippen LogP contribution is 2.23. The van der Waals surface area contributed by atoms with E-state index in [1.165, 1.54) is 25.7 Å². The van der Waals surface area contributed by atoms with Crippen LogP contribution in [-0.2, 0) is 11.3 Å². The van der Waals surface area contributed by atoms with Gasteiger partial charge in [-0.2, -0.15) is 4.98 Å². The Morgan fingerprint density at radius 3 is 2.63 bits per heavy atom. The van der Waals surface area contributed by atoms with Gasteiger partial charge in [0.05, 0.1) is 19.6 Å². The minimum atomic E-state index is 0.0472. The van der Waals surface area contributed by atoms with Gasteiger partial charge in [0.1, 0.15) is 5.75 Å². The van der Waals surface area contributed by atoms with E-state index in [9.17, 15) is 4.79 Å². The number of hydrogen-bond donors (Lipinski definition) is 1. The van der Waals surface area contributed by atoms with Crippen LogP contribution >= 0.6 is 0 Å². The number of rotatable bonds is 6. The van der Waals surface area contributed by atoms with Crippen LogP contribution in [0.2, 0.25) is 0 Å². The van der Waals surface area contributed by atoms with Crippen molar-refractivity contribution in [1.82, 2.24) is 20.4 Å². The van der Waals surface area contributed by atoms with Crippen molar-refractivity contribution in [2.75, 3.05) is 20.2 Å². The molecule has 1 aromatic heterocycles. The summed E-state index contributed by atoms with van der Waals surface area (Å²) >= 11 is 0. The molecule has 1 amide bonds.